The molecule has 5 heteroatoms. The van der Waals surface area contributed by atoms with Crippen molar-refractivity contribution < 1.29 is 0 Å². The van der Waals surface area contributed by atoms with Gasteiger partial charge in [-0.15, -0.1) is 16.4 Å². The second-order valence-corrected chi connectivity index (χ2v) is 7.51. The van der Waals surface area contributed by atoms with Crippen LogP contribution in [0.4, 0.5) is 0 Å². The van der Waals surface area contributed by atoms with Crippen LogP contribution in [0.1, 0.15) is 48.7 Å². The Kier molecular flexibility index (Phi) is 4.71. The topological polar surface area (TPSA) is 37.8 Å². The summed E-state index contributed by atoms with van der Waals surface area (Å²) >= 11 is 3.35. The van der Waals surface area contributed by atoms with E-state index in [0.717, 1.165) is 18.5 Å². The molecule has 0 radical (unpaired) electrons. The van der Waals surface area contributed by atoms with Crippen molar-refractivity contribution in [3.8, 4) is 0 Å². The van der Waals surface area contributed by atoms with Crippen LogP contribution in [0, 0.1) is 0 Å². The summed E-state index contributed by atoms with van der Waals surface area (Å²) in [5.74, 6) is 0. The minimum Gasteiger partial charge on any atom is -0.312 e. The second kappa shape index (κ2) is 6.11. The van der Waals surface area contributed by atoms with E-state index >= 15 is 0 Å². The van der Waals surface area contributed by atoms with Gasteiger partial charge in [0, 0.05) is 16.3 Å². The highest BCUT2D eigenvalue weighted by Crippen LogP contribution is 2.32. The van der Waals surface area contributed by atoms with Crippen LogP contribution >= 0.6 is 22.9 Å². The average Bonchev–Trinajstić information content (AvgIpc) is 2.98. The van der Waals surface area contributed by atoms with Crippen molar-refractivity contribution in [1.29, 1.82) is 0 Å². The zero-order chi connectivity index (χ0) is 13.9. The molecule has 3 nitrogen and oxygen atoms in total. The Morgan fingerprint density at radius 3 is 2.74 bits per heavy atom. The molecule has 2 heterocycles. The Balaban J connectivity index is 2.11. The minimum atomic E-state index is 0.0559. The molecular formula is C14H21N3S2. The number of thiophene rings is 1. The van der Waals surface area contributed by atoms with Gasteiger partial charge in [-0.2, -0.15) is 0 Å². The zero-order valence-electron chi connectivity index (χ0n) is 11.9. The van der Waals surface area contributed by atoms with Crippen molar-refractivity contribution in [1.82, 2.24) is 14.9 Å². The lowest BCUT2D eigenvalue weighted by Gasteiger charge is -2.21. The molecule has 0 aromatic carbocycles. The molecule has 0 saturated heterocycles. The molecule has 1 unspecified atom stereocenters. The van der Waals surface area contributed by atoms with Gasteiger partial charge in [0.1, 0.15) is 0 Å². The van der Waals surface area contributed by atoms with Gasteiger partial charge in [0.05, 0.1) is 10.6 Å². The third kappa shape index (κ3) is 3.61. The first-order valence-electron chi connectivity index (χ1n) is 6.54. The van der Waals surface area contributed by atoms with Crippen LogP contribution in [0.25, 0.3) is 0 Å². The molecule has 0 aliphatic carbocycles. The zero-order valence-corrected chi connectivity index (χ0v) is 13.6. The van der Waals surface area contributed by atoms with Gasteiger partial charge < -0.3 is 5.32 Å². The minimum absolute atomic E-state index is 0.0559. The standard InChI is InChI=1S/C14H21N3S2/c1-14(2,3)13-12(19-17-16-13)11(15-4)8-7-10-6-5-9-18-10/h5-6,9,11,15H,7-8H2,1-4H3. The van der Waals surface area contributed by atoms with Crippen LogP contribution in [0.15, 0.2) is 17.5 Å². The van der Waals surface area contributed by atoms with Gasteiger partial charge in [-0.25, -0.2) is 0 Å². The van der Waals surface area contributed by atoms with Crippen LogP contribution in [0.2, 0.25) is 0 Å². The normalized spacial score (nSPS) is 13.7. The van der Waals surface area contributed by atoms with Gasteiger partial charge in [-0.05, 0) is 42.9 Å². The summed E-state index contributed by atoms with van der Waals surface area (Å²) in [5, 5.41) is 9.88. The van der Waals surface area contributed by atoms with Crippen LogP contribution in [0.3, 0.4) is 0 Å². The van der Waals surface area contributed by atoms with Crippen molar-refractivity contribution in [3.05, 3.63) is 33.0 Å². The highest BCUT2D eigenvalue weighted by molar-refractivity contribution is 7.09. The summed E-state index contributed by atoms with van der Waals surface area (Å²) < 4.78 is 4.16. The van der Waals surface area contributed by atoms with Crippen molar-refractivity contribution >= 4 is 22.9 Å². The molecule has 0 amide bonds. The average molecular weight is 295 g/mol. The molecule has 0 bridgehead atoms. The van der Waals surface area contributed by atoms with E-state index in [1.807, 2.05) is 18.4 Å². The summed E-state index contributed by atoms with van der Waals surface area (Å²) in [6.07, 6.45) is 2.19. The maximum absolute atomic E-state index is 4.33. The van der Waals surface area contributed by atoms with Crippen molar-refractivity contribution in [3.63, 3.8) is 0 Å². The van der Waals surface area contributed by atoms with Crippen LogP contribution in [-0.2, 0) is 11.8 Å². The lowest BCUT2D eigenvalue weighted by Crippen LogP contribution is -2.22. The van der Waals surface area contributed by atoms with E-state index in [1.54, 1.807) is 0 Å². The number of nitrogens with zero attached hydrogens (tertiary/aromatic N) is 2. The summed E-state index contributed by atoms with van der Waals surface area (Å²) in [6.45, 7) is 6.58. The van der Waals surface area contributed by atoms with Crippen molar-refractivity contribution in [2.24, 2.45) is 0 Å². The van der Waals surface area contributed by atoms with Crippen LogP contribution < -0.4 is 5.32 Å². The first kappa shape index (κ1) is 14.6. The number of hydrogen-bond donors (Lipinski definition) is 1. The number of hydrogen-bond acceptors (Lipinski definition) is 5. The molecule has 2 aromatic heterocycles. The molecule has 0 aliphatic rings. The molecular weight excluding hydrogens is 274 g/mol. The predicted octanol–water partition coefficient (Wildman–Crippen LogP) is 3.79. The highest BCUT2D eigenvalue weighted by Gasteiger charge is 2.26. The predicted molar refractivity (Wildman–Crippen MR) is 83.0 cm³/mol. The quantitative estimate of drug-likeness (QED) is 0.912. The molecule has 0 aliphatic heterocycles. The van der Waals surface area contributed by atoms with Gasteiger partial charge in [-0.3, -0.25) is 0 Å². The first-order chi connectivity index (χ1) is 9.02. The van der Waals surface area contributed by atoms with Crippen LogP contribution in [-0.4, -0.2) is 16.6 Å². The Hall–Kier alpha value is -0.780. The smallest absolute Gasteiger partial charge is 0.0857 e. The second-order valence-electron chi connectivity index (χ2n) is 5.70. The molecule has 0 saturated carbocycles. The summed E-state index contributed by atoms with van der Waals surface area (Å²) in [4.78, 5) is 2.72. The summed E-state index contributed by atoms with van der Waals surface area (Å²) in [6, 6.07) is 4.66. The number of nitrogens with one attached hydrogen (secondary N) is 1. The van der Waals surface area contributed by atoms with E-state index in [9.17, 15) is 0 Å². The molecule has 19 heavy (non-hydrogen) atoms. The fourth-order valence-corrected chi connectivity index (χ4v) is 3.83. The fourth-order valence-electron chi connectivity index (χ4n) is 2.09. The van der Waals surface area contributed by atoms with E-state index in [2.05, 4.69) is 53.2 Å². The number of aryl methyl sites for hydroxylation is 1. The lowest BCUT2D eigenvalue weighted by atomic mass is 9.89. The number of aromatic nitrogens is 2. The molecule has 2 aromatic rings. The van der Waals surface area contributed by atoms with Gasteiger partial charge in [0.2, 0.25) is 0 Å². The van der Waals surface area contributed by atoms with Crippen LogP contribution in [0.5, 0.6) is 0 Å². The van der Waals surface area contributed by atoms with E-state index in [-0.39, 0.29) is 5.41 Å². The monoisotopic (exact) mass is 295 g/mol. The van der Waals surface area contributed by atoms with E-state index in [1.165, 1.54) is 21.3 Å². The SMILES string of the molecule is CNC(CCc1cccs1)c1snnc1C(C)(C)C. The molecule has 104 valence electrons. The largest absolute Gasteiger partial charge is 0.312 e. The highest BCUT2D eigenvalue weighted by atomic mass is 32.1. The molecule has 2 rings (SSSR count). The Morgan fingerprint density at radius 2 is 2.16 bits per heavy atom. The lowest BCUT2D eigenvalue weighted by molar-refractivity contribution is 0.515. The van der Waals surface area contributed by atoms with Gasteiger partial charge in [0.15, 0.2) is 0 Å². The summed E-state index contributed by atoms with van der Waals surface area (Å²) in [5.41, 5.74) is 1.18. The van der Waals surface area contributed by atoms with E-state index in [0.29, 0.717) is 6.04 Å². The van der Waals surface area contributed by atoms with Crippen molar-refractivity contribution in [2.45, 2.75) is 45.1 Å². The van der Waals surface area contributed by atoms with Gasteiger partial charge >= 0.3 is 0 Å². The molecule has 0 spiro atoms. The van der Waals surface area contributed by atoms with Gasteiger partial charge in [-0.1, -0.05) is 31.3 Å². The van der Waals surface area contributed by atoms with Gasteiger partial charge in [0.25, 0.3) is 0 Å². The Morgan fingerprint density at radius 1 is 1.37 bits per heavy atom. The maximum Gasteiger partial charge on any atom is 0.0857 e. The Labute approximate surface area is 123 Å². The fraction of sp³-hybridized carbons (Fsp3) is 0.571. The molecule has 1 N–H and O–H groups in total. The third-order valence-corrected chi connectivity index (χ3v) is 4.92. The Bertz CT molecular complexity index is 497. The first-order valence-corrected chi connectivity index (χ1v) is 8.20. The van der Waals surface area contributed by atoms with Crippen molar-refractivity contribution in [2.75, 3.05) is 7.05 Å². The summed E-state index contributed by atoms with van der Waals surface area (Å²) in [7, 11) is 2.02. The molecule has 1 atom stereocenters. The number of rotatable bonds is 5. The third-order valence-electron chi connectivity index (χ3n) is 3.15. The van der Waals surface area contributed by atoms with E-state index < -0.39 is 0 Å². The maximum atomic E-state index is 4.33. The van der Waals surface area contributed by atoms with E-state index in [4.69, 9.17) is 0 Å². The molecule has 0 fully saturated rings.